The summed E-state index contributed by atoms with van der Waals surface area (Å²) < 4.78 is 10.1. The minimum absolute atomic E-state index is 0.325. The quantitative estimate of drug-likeness (QED) is 0.145. The van der Waals surface area contributed by atoms with Gasteiger partial charge in [-0.15, -0.1) is 0 Å². The molecular formula is C26H36N8O2S2. The number of hydrogen-bond donors (Lipinski definition) is 3. The fraction of sp³-hybridized carbons (Fsp3) is 0.346. The summed E-state index contributed by atoms with van der Waals surface area (Å²) in [5, 5.41) is 2.14. The largest absolute Gasteiger partial charge is 0.388 e. The highest BCUT2D eigenvalue weighted by Crippen LogP contribution is 2.12. The van der Waals surface area contributed by atoms with Crippen LogP contribution in [0.15, 0.2) is 53.8 Å². The summed E-state index contributed by atoms with van der Waals surface area (Å²) in [7, 11) is 10.9. The second-order valence-electron chi connectivity index (χ2n) is 8.65. The first-order valence-electron chi connectivity index (χ1n) is 11.6. The molecule has 0 spiro atoms. The topological polar surface area (TPSA) is 121 Å². The number of hydrogen-bond acceptors (Lipinski definition) is 7. The molecule has 38 heavy (non-hydrogen) atoms. The number of nitrogens with two attached hydrogens (primary N) is 1. The normalized spacial score (nSPS) is 11.6. The Morgan fingerprint density at radius 3 is 1.74 bits per heavy atom. The second-order valence-corrected chi connectivity index (χ2v) is 9.47. The number of aliphatic imine (C=N–C) groups is 1. The van der Waals surface area contributed by atoms with Crippen molar-refractivity contribution in [1.82, 2.24) is 29.7 Å². The van der Waals surface area contributed by atoms with Gasteiger partial charge in [0.15, 0.2) is 4.99 Å². The fourth-order valence-corrected chi connectivity index (χ4v) is 3.23. The average Bonchev–Trinajstić information content (AvgIpc) is 3.57. The molecule has 0 saturated carbocycles. The van der Waals surface area contributed by atoms with E-state index in [4.69, 9.17) is 39.6 Å². The number of methoxy groups -OCH3 is 2. The molecule has 204 valence electrons. The van der Waals surface area contributed by atoms with Gasteiger partial charge in [0, 0.05) is 58.4 Å². The molecule has 0 radical (unpaired) electrons. The van der Waals surface area contributed by atoms with Gasteiger partial charge in [-0.2, -0.15) is 0 Å². The van der Waals surface area contributed by atoms with Crippen molar-refractivity contribution in [2.24, 2.45) is 10.7 Å². The maximum atomic E-state index is 5.43. The van der Waals surface area contributed by atoms with Gasteiger partial charge in [-0.1, -0.05) is 24.4 Å². The summed E-state index contributed by atoms with van der Waals surface area (Å²) in [5.41, 5.74) is 8.46. The number of thiocarbonyl (C=S) groups is 2. The minimum atomic E-state index is -0.583. The van der Waals surface area contributed by atoms with E-state index in [1.54, 1.807) is 14.2 Å². The Bertz CT molecular complexity index is 1390. The molecule has 0 aliphatic rings. The number of nitrogens with zero attached hydrogens (tertiary/aromatic N) is 5. The molecule has 12 heteroatoms. The first kappa shape index (κ1) is 30.9. The van der Waals surface area contributed by atoms with Crippen molar-refractivity contribution in [2.45, 2.75) is 19.8 Å². The van der Waals surface area contributed by atoms with Gasteiger partial charge in [-0.05, 0) is 57.4 Å². The summed E-state index contributed by atoms with van der Waals surface area (Å²) in [6.07, 6.45) is 3.69. The third-order valence-electron chi connectivity index (χ3n) is 5.77. The zero-order valence-corrected chi connectivity index (χ0v) is 24.7. The molecule has 0 saturated heterocycles. The van der Waals surface area contributed by atoms with E-state index in [1.807, 2.05) is 101 Å². The lowest BCUT2D eigenvalue weighted by Gasteiger charge is -2.32. The minimum Gasteiger partial charge on any atom is -0.388 e. The first-order chi connectivity index (χ1) is 17.9. The molecule has 0 aromatic carbocycles. The van der Waals surface area contributed by atoms with Crippen molar-refractivity contribution in [2.75, 3.05) is 42.4 Å². The number of ether oxygens (including phenoxy) is 2. The van der Waals surface area contributed by atoms with Crippen LogP contribution in [-0.4, -0.2) is 93.9 Å². The van der Waals surface area contributed by atoms with Gasteiger partial charge in [-0.3, -0.25) is 4.90 Å². The highest BCUT2D eigenvalue weighted by atomic mass is 32.1. The van der Waals surface area contributed by atoms with Crippen molar-refractivity contribution < 1.29 is 9.47 Å². The lowest BCUT2D eigenvalue weighted by molar-refractivity contribution is -0.270. The molecular weight excluding hydrogens is 520 g/mol. The van der Waals surface area contributed by atoms with Crippen LogP contribution in [0.1, 0.15) is 25.2 Å². The van der Waals surface area contributed by atoms with Crippen molar-refractivity contribution in [1.29, 1.82) is 0 Å². The molecule has 4 rings (SSSR count). The summed E-state index contributed by atoms with van der Waals surface area (Å²) in [4.78, 5) is 23.6. The lowest BCUT2D eigenvalue weighted by atomic mass is 10.3. The van der Waals surface area contributed by atoms with Crippen molar-refractivity contribution in [3.05, 3.63) is 60.2 Å². The maximum absolute atomic E-state index is 5.43. The molecule has 4 N–H and O–H groups in total. The molecule has 0 amide bonds. The van der Waals surface area contributed by atoms with E-state index >= 15 is 0 Å². The summed E-state index contributed by atoms with van der Waals surface area (Å²) >= 11 is 10.1. The van der Waals surface area contributed by atoms with E-state index in [1.165, 1.54) is 0 Å². The van der Waals surface area contributed by atoms with Crippen LogP contribution in [0.2, 0.25) is 0 Å². The Labute approximate surface area is 234 Å². The lowest BCUT2D eigenvalue weighted by Crippen LogP contribution is -2.44. The molecule has 10 nitrogen and oxygen atoms in total. The average molecular weight is 557 g/mol. The monoisotopic (exact) mass is 556 g/mol. The Kier molecular flexibility index (Phi) is 11.4. The third-order valence-corrected chi connectivity index (χ3v) is 6.28. The zero-order chi connectivity index (χ0) is 28.5. The first-order valence-corrected chi connectivity index (χ1v) is 12.5. The Hall–Kier alpha value is -3.29. The van der Waals surface area contributed by atoms with Crippen LogP contribution in [-0.2, 0) is 9.47 Å². The van der Waals surface area contributed by atoms with E-state index in [-0.39, 0.29) is 0 Å². The van der Waals surface area contributed by atoms with Crippen molar-refractivity contribution >= 4 is 62.3 Å². The van der Waals surface area contributed by atoms with Crippen molar-refractivity contribution in [3.8, 4) is 0 Å². The number of nitrogens with one attached hydrogen (secondary N) is 2. The van der Waals surface area contributed by atoms with Gasteiger partial charge in [0.05, 0.1) is 5.69 Å². The number of rotatable bonds is 5. The van der Waals surface area contributed by atoms with E-state index in [2.05, 4.69) is 24.9 Å². The zero-order valence-electron chi connectivity index (χ0n) is 23.1. The predicted molar refractivity (Wildman–Crippen MR) is 163 cm³/mol. The van der Waals surface area contributed by atoms with Crippen LogP contribution < -0.4 is 5.73 Å². The summed E-state index contributed by atoms with van der Waals surface area (Å²) in [6, 6.07) is 11.6. The molecule has 4 heterocycles. The van der Waals surface area contributed by atoms with Crippen LogP contribution in [0.3, 0.4) is 0 Å². The van der Waals surface area contributed by atoms with Crippen LogP contribution in [0.25, 0.3) is 22.1 Å². The molecule has 0 bridgehead atoms. The second kappa shape index (κ2) is 14.0. The predicted octanol–water partition coefficient (Wildman–Crippen LogP) is 3.93. The molecule has 0 fully saturated rings. The number of H-pyrrole nitrogens is 2. The molecule has 0 unspecified atom stereocenters. The standard InChI is InChI=1S/C12H14N4S.C8H7N3S.C6H15NO2/c1-8(16(2)3)14-12(17)10-5-4-9-6-7-13-11(9)15-10;9-7(12)6-2-1-5-3-4-10-8(5)11-6;1-6(8-4,9-5)7(2)3/h4-7H,1-3H3,(H,13,15);1-4H,(H2,9,12)(H,10,11);1-5H3. The Morgan fingerprint density at radius 1 is 0.868 bits per heavy atom. The van der Waals surface area contributed by atoms with E-state index in [0.717, 1.165) is 33.6 Å². The Balaban J connectivity index is 0.000000212. The van der Waals surface area contributed by atoms with Crippen LogP contribution in [0, 0.1) is 0 Å². The highest BCUT2D eigenvalue weighted by molar-refractivity contribution is 7.81. The molecule has 4 aromatic heterocycles. The molecule has 0 aliphatic heterocycles. The van der Waals surface area contributed by atoms with Gasteiger partial charge in [0.1, 0.15) is 27.8 Å². The van der Waals surface area contributed by atoms with Crippen LogP contribution >= 0.6 is 24.4 Å². The number of fused-ring (bicyclic) bond motifs is 2. The third kappa shape index (κ3) is 8.36. The van der Waals surface area contributed by atoms with Gasteiger partial charge >= 0.3 is 0 Å². The molecule has 4 aromatic rings. The van der Waals surface area contributed by atoms with E-state index in [9.17, 15) is 0 Å². The SMILES string of the molecule is CC(=NC(=S)c1ccc2cc[nH]c2n1)N(C)C.COC(C)(OC)N(C)C.NC(=S)c1ccc2cc[nH]c2n1. The van der Waals surface area contributed by atoms with E-state index < -0.39 is 5.91 Å². The summed E-state index contributed by atoms with van der Waals surface area (Å²) in [6.45, 7) is 3.77. The number of aromatic nitrogens is 4. The van der Waals surface area contributed by atoms with Gasteiger partial charge in [-0.25, -0.2) is 15.0 Å². The number of aromatic amines is 2. The molecule has 0 atom stereocenters. The highest BCUT2D eigenvalue weighted by Gasteiger charge is 2.24. The van der Waals surface area contributed by atoms with E-state index in [0.29, 0.717) is 15.7 Å². The summed E-state index contributed by atoms with van der Waals surface area (Å²) in [5.74, 6) is 0.281. The van der Waals surface area contributed by atoms with Gasteiger partial charge in [0.25, 0.3) is 0 Å². The number of amidine groups is 1. The van der Waals surface area contributed by atoms with Crippen LogP contribution in [0.4, 0.5) is 0 Å². The Morgan fingerprint density at radius 2 is 1.34 bits per heavy atom. The molecule has 0 aliphatic carbocycles. The fourth-order valence-electron chi connectivity index (χ4n) is 2.87. The number of pyridine rings is 2. The van der Waals surface area contributed by atoms with Crippen LogP contribution in [0.5, 0.6) is 0 Å². The van der Waals surface area contributed by atoms with Gasteiger partial charge in [0.2, 0.25) is 5.91 Å². The maximum Gasteiger partial charge on any atom is 0.225 e. The van der Waals surface area contributed by atoms with Gasteiger partial charge < -0.3 is 30.1 Å². The van der Waals surface area contributed by atoms with Crippen molar-refractivity contribution in [3.63, 3.8) is 0 Å². The smallest absolute Gasteiger partial charge is 0.225 e.